The Morgan fingerprint density at radius 3 is 2.12 bits per heavy atom. The summed E-state index contributed by atoms with van der Waals surface area (Å²) in [5.74, 6) is 0.763. The van der Waals surface area contributed by atoms with Crippen LogP contribution >= 0.6 is 0 Å². The van der Waals surface area contributed by atoms with Gasteiger partial charge < -0.3 is 9.80 Å². The van der Waals surface area contributed by atoms with Gasteiger partial charge in [-0.25, -0.2) is 0 Å². The van der Waals surface area contributed by atoms with Crippen LogP contribution in [0.4, 0.5) is 0 Å². The van der Waals surface area contributed by atoms with Crippen LogP contribution in [0.1, 0.15) is 34.1 Å². The van der Waals surface area contributed by atoms with Crippen molar-refractivity contribution in [1.82, 2.24) is 9.80 Å². The first-order valence-corrected chi connectivity index (χ1v) is 6.79. The first kappa shape index (κ1) is 14.5. The zero-order chi connectivity index (χ0) is 12.9. The average molecular weight is 237 g/mol. The molecule has 17 heavy (non-hydrogen) atoms. The van der Waals surface area contributed by atoms with Gasteiger partial charge in [0.15, 0.2) is 0 Å². The first-order chi connectivity index (χ1) is 7.93. The molecule has 0 aromatic heterocycles. The summed E-state index contributed by atoms with van der Waals surface area (Å²) in [6, 6.07) is 2.38. The largest absolute Gasteiger partial charge is 0.301 e. The monoisotopic (exact) mass is 237 g/mol. The molecule has 0 N–H and O–H groups in total. The highest BCUT2D eigenvalue weighted by Crippen LogP contribution is 2.19. The Bertz CT molecular complexity index is 257. The maximum Gasteiger partial charge on any atom is 0.0684 e. The van der Waals surface area contributed by atoms with Crippen molar-refractivity contribution < 1.29 is 0 Å². The second kappa shape index (κ2) is 6.37. The maximum atomic E-state index is 8.99. The Labute approximate surface area is 106 Å². The van der Waals surface area contributed by atoms with E-state index in [4.69, 9.17) is 5.26 Å². The lowest BCUT2D eigenvalue weighted by atomic mass is 9.91. The van der Waals surface area contributed by atoms with Crippen molar-refractivity contribution in [1.29, 1.82) is 5.26 Å². The van der Waals surface area contributed by atoms with Crippen molar-refractivity contribution >= 4 is 0 Å². The molecule has 0 bridgehead atoms. The van der Waals surface area contributed by atoms with Gasteiger partial charge in [0, 0.05) is 32.7 Å². The summed E-state index contributed by atoms with van der Waals surface area (Å²) in [6.07, 6.45) is 0.980. The van der Waals surface area contributed by atoms with Gasteiger partial charge in [0.1, 0.15) is 0 Å². The Morgan fingerprint density at radius 1 is 1.12 bits per heavy atom. The third-order valence-electron chi connectivity index (χ3n) is 3.44. The lowest BCUT2D eigenvalue weighted by Gasteiger charge is -2.36. The second-order valence-corrected chi connectivity index (χ2v) is 6.28. The molecule has 1 heterocycles. The fourth-order valence-electron chi connectivity index (χ4n) is 2.21. The molecule has 0 aromatic rings. The molecule has 1 rings (SSSR count). The number of nitrogens with zero attached hydrogens (tertiary/aromatic N) is 3. The van der Waals surface area contributed by atoms with E-state index in [1.165, 1.54) is 19.6 Å². The van der Waals surface area contributed by atoms with E-state index in [0.717, 1.165) is 32.0 Å². The summed E-state index contributed by atoms with van der Waals surface area (Å²) in [6.45, 7) is 15.6. The molecular formula is C14H27N3. The molecule has 0 saturated carbocycles. The van der Waals surface area contributed by atoms with Gasteiger partial charge in [-0.05, 0) is 32.7 Å². The van der Waals surface area contributed by atoms with Crippen LogP contribution in [0.15, 0.2) is 0 Å². The molecule has 1 fully saturated rings. The van der Waals surface area contributed by atoms with Gasteiger partial charge in [-0.3, -0.25) is 0 Å². The van der Waals surface area contributed by atoms with Crippen molar-refractivity contribution in [2.45, 2.75) is 34.1 Å². The third-order valence-corrected chi connectivity index (χ3v) is 3.44. The Kier molecular flexibility index (Phi) is 5.42. The summed E-state index contributed by atoms with van der Waals surface area (Å²) in [5, 5.41) is 8.99. The second-order valence-electron chi connectivity index (χ2n) is 6.28. The van der Waals surface area contributed by atoms with E-state index in [-0.39, 0.29) is 5.41 Å². The van der Waals surface area contributed by atoms with Gasteiger partial charge in [-0.2, -0.15) is 5.26 Å². The number of nitriles is 1. The van der Waals surface area contributed by atoms with Gasteiger partial charge in [-0.1, -0.05) is 13.8 Å². The molecule has 0 spiro atoms. The standard InChI is InChI=1S/C14H27N3/c1-13(2)11-17-9-7-16(8-10-17)6-5-14(3,4)12-15/h13H,5-11H2,1-4H3. The minimum Gasteiger partial charge on any atom is -0.301 e. The number of piperazine rings is 1. The number of hydrogen-bond acceptors (Lipinski definition) is 3. The molecule has 1 saturated heterocycles. The van der Waals surface area contributed by atoms with Crippen LogP contribution in [-0.4, -0.2) is 49.1 Å². The van der Waals surface area contributed by atoms with E-state index in [1.54, 1.807) is 0 Å². The highest BCUT2D eigenvalue weighted by molar-refractivity contribution is 4.92. The van der Waals surface area contributed by atoms with Crippen molar-refractivity contribution in [2.24, 2.45) is 11.3 Å². The van der Waals surface area contributed by atoms with Crippen LogP contribution in [-0.2, 0) is 0 Å². The van der Waals surface area contributed by atoms with Gasteiger partial charge in [-0.15, -0.1) is 0 Å². The van der Waals surface area contributed by atoms with Crippen LogP contribution in [0, 0.1) is 22.7 Å². The highest BCUT2D eigenvalue weighted by atomic mass is 15.3. The average Bonchev–Trinajstić information content (AvgIpc) is 2.28. The minimum atomic E-state index is -0.172. The molecular weight excluding hydrogens is 210 g/mol. The highest BCUT2D eigenvalue weighted by Gasteiger charge is 2.21. The zero-order valence-electron chi connectivity index (χ0n) is 11.9. The van der Waals surface area contributed by atoms with E-state index in [2.05, 4.69) is 29.7 Å². The molecule has 0 atom stereocenters. The van der Waals surface area contributed by atoms with Crippen molar-refractivity contribution in [2.75, 3.05) is 39.3 Å². The van der Waals surface area contributed by atoms with E-state index in [0.29, 0.717) is 0 Å². The van der Waals surface area contributed by atoms with Crippen molar-refractivity contribution in [3.05, 3.63) is 0 Å². The van der Waals surface area contributed by atoms with Crippen LogP contribution in [0.25, 0.3) is 0 Å². The predicted octanol–water partition coefficient (Wildman–Crippen LogP) is 2.20. The van der Waals surface area contributed by atoms with Crippen LogP contribution < -0.4 is 0 Å². The summed E-state index contributed by atoms with van der Waals surface area (Å²) < 4.78 is 0. The van der Waals surface area contributed by atoms with Gasteiger partial charge in [0.25, 0.3) is 0 Å². The molecule has 3 nitrogen and oxygen atoms in total. The predicted molar refractivity (Wildman–Crippen MR) is 71.7 cm³/mol. The quantitative estimate of drug-likeness (QED) is 0.734. The zero-order valence-corrected chi connectivity index (χ0v) is 11.9. The Morgan fingerprint density at radius 2 is 1.65 bits per heavy atom. The van der Waals surface area contributed by atoms with Gasteiger partial charge in [0.05, 0.1) is 11.5 Å². The summed E-state index contributed by atoms with van der Waals surface area (Å²) in [5.41, 5.74) is -0.172. The lowest BCUT2D eigenvalue weighted by Crippen LogP contribution is -2.47. The molecule has 1 aliphatic rings. The molecule has 0 radical (unpaired) electrons. The smallest absolute Gasteiger partial charge is 0.0684 e. The van der Waals surface area contributed by atoms with E-state index < -0.39 is 0 Å². The fraction of sp³-hybridized carbons (Fsp3) is 0.929. The van der Waals surface area contributed by atoms with Crippen molar-refractivity contribution in [3.63, 3.8) is 0 Å². The lowest BCUT2D eigenvalue weighted by molar-refractivity contribution is 0.115. The van der Waals surface area contributed by atoms with E-state index in [1.807, 2.05) is 13.8 Å². The number of rotatable bonds is 5. The summed E-state index contributed by atoms with van der Waals surface area (Å²) >= 11 is 0. The summed E-state index contributed by atoms with van der Waals surface area (Å²) in [4.78, 5) is 5.05. The minimum absolute atomic E-state index is 0.172. The number of hydrogen-bond donors (Lipinski definition) is 0. The van der Waals surface area contributed by atoms with Crippen LogP contribution in [0.5, 0.6) is 0 Å². The Balaban J connectivity index is 2.22. The summed E-state index contributed by atoms with van der Waals surface area (Å²) in [7, 11) is 0. The molecule has 1 aliphatic heterocycles. The SMILES string of the molecule is CC(C)CN1CCN(CCC(C)(C)C#N)CC1. The van der Waals surface area contributed by atoms with Crippen LogP contribution in [0.2, 0.25) is 0 Å². The molecule has 0 unspecified atom stereocenters. The van der Waals surface area contributed by atoms with Crippen LogP contribution in [0.3, 0.4) is 0 Å². The van der Waals surface area contributed by atoms with Crippen molar-refractivity contribution in [3.8, 4) is 6.07 Å². The molecule has 3 heteroatoms. The molecule has 98 valence electrons. The fourth-order valence-corrected chi connectivity index (χ4v) is 2.21. The third kappa shape index (κ3) is 5.52. The van der Waals surface area contributed by atoms with Gasteiger partial charge in [0.2, 0.25) is 0 Å². The Hall–Kier alpha value is -0.590. The van der Waals surface area contributed by atoms with E-state index in [9.17, 15) is 0 Å². The first-order valence-electron chi connectivity index (χ1n) is 6.79. The topological polar surface area (TPSA) is 30.3 Å². The molecule has 0 aliphatic carbocycles. The molecule has 0 aromatic carbocycles. The van der Waals surface area contributed by atoms with Gasteiger partial charge >= 0.3 is 0 Å². The maximum absolute atomic E-state index is 8.99. The molecule has 0 amide bonds. The van der Waals surface area contributed by atoms with E-state index >= 15 is 0 Å². The normalized spacial score (nSPS) is 19.5.